The molecular weight excluding hydrogens is 440 g/mol. The van der Waals surface area contributed by atoms with Crippen molar-refractivity contribution < 1.29 is 9.47 Å². The molecule has 0 spiro atoms. The Morgan fingerprint density at radius 3 is 1.72 bits per heavy atom. The highest BCUT2D eigenvalue weighted by Crippen LogP contribution is 2.59. The third-order valence-corrected chi connectivity index (χ3v) is 10.6. The second kappa shape index (κ2) is 14.5. The van der Waals surface area contributed by atoms with Crippen LogP contribution in [0, 0.1) is 59.2 Å². The fourth-order valence-corrected chi connectivity index (χ4v) is 8.58. The number of hydrogen-bond donors (Lipinski definition) is 0. The number of allylic oxidation sites excluding steroid dienone is 4. The Bertz CT molecular complexity index is 683. The summed E-state index contributed by atoms with van der Waals surface area (Å²) in [7, 11) is 0. The van der Waals surface area contributed by atoms with Gasteiger partial charge in [-0.1, -0.05) is 67.9 Å². The lowest BCUT2D eigenvalue weighted by Crippen LogP contribution is -2.28. The Hall–Kier alpha value is -0.600. The lowest BCUT2D eigenvalue weighted by Gasteiger charge is -2.31. The van der Waals surface area contributed by atoms with Gasteiger partial charge in [0, 0.05) is 0 Å². The molecule has 2 nitrogen and oxygen atoms in total. The maximum absolute atomic E-state index is 5.96. The van der Waals surface area contributed by atoms with Crippen molar-refractivity contribution in [3.8, 4) is 0 Å². The van der Waals surface area contributed by atoms with Gasteiger partial charge in [-0.15, -0.1) is 0 Å². The average Bonchev–Trinajstić information content (AvgIpc) is 3.62. The zero-order chi connectivity index (χ0) is 22.2. The topological polar surface area (TPSA) is 18.5 Å². The summed E-state index contributed by atoms with van der Waals surface area (Å²) < 4.78 is 11.9. The minimum Gasteiger partial charge on any atom is -0.378 e. The van der Waals surface area contributed by atoms with Crippen LogP contribution in [0.2, 0.25) is 0 Å². The number of rotatable bonds is 8. The fraction of sp³-hybridized carbons (Fsp3) is 0.882. The van der Waals surface area contributed by atoms with Crippen LogP contribution in [-0.4, -0.2) is 25.4 Å². The first kappa shape index (κ1) is 33.4. The van der Waals surface area contributed by atoms with Gasteiger partial charge in [-0.3, -0.25) is 0 Å². The molecule has 2 heteroatoms. The maximum atomic E-state index is 5.96. The monoisotopic (exact) mass is 504 g/mol. The second-order valence-electron chi connectivity index (χ2n) is 12.2. The van der Waals surface area contributed by atoms with Crippen molar-refractivity contribution in [2.24, 2.45) is 59.2 Å². The highest BCUT2D eigenvalue weighted by molar-refractivity contribution is 5.14. The van der Waals surface area contributed by atoms with Crippen molar-refractivity contribution in [2.45, 2.75) is 121 Å². The molecule has 0 N–H and O–H groups in total. The Morgan fingerprint density at radius 1 is 0.611 bits per heavy atom. The Balaban J connectivity index is 0.000000324. The molecule has 0 heterocycles. The van der Waals surface area contributed by atoms with Gasteiger partial charge in [0.1, 0.15) is 0 Å². The van der Waals surface area contributed by atoms with Gasteiger partial charge in [0.05, 0.1) is 25.4 Å². The van der Waals surface area contributed by atoms with Gasteiger partial charge in [-0.25, -0.2) is 0 Å². The molecule has 0 aromatic rings. The van der Waals surface area contributed by atoms with E-state index in [2.05, 4.69) is 52.0 Å². The zero-order valence-corrected chi connectivity index (χ0v) is 21.1. The van der Waals surface area contributed by atoms with E-state index >= 15 is 0 Å². The van der Waals surface area contributed by atoms with Gasteiger partial charge < -0.3 is 9.47 Å². The lowest BCUT2D eigenvalue weighted by molar-refractivity contribution is 0.0132. The molecule has 12 unspecified atom stereocenters. The van der Waals surface area contributed by atoms with Crippen molar-refractivity contribution in [3.05, 3.63) is 24.3 Å². The van der Waals surface area contributed by atoms with E-state index in [4.69, 9.17) is 9.47 Å². The van der Waals surface area contributed by atoms with E-state index in [1.165, 1.54) is 38.5 Å². The molecule has 36 heavy (non-hydrogen) atoms. The van der Waals surface area contributed by atoms with Crippen molar-refractivity contribution in [1.29, 1.82) is 0 Å². The SMILES string of the molecule is C.C.C.C.CCC(C)OCC1CC2CC1C1C=CCC21.CCC(C)OCC1CC2CC1C1CC=CC21. The van der Waals surface area contributed by atoms with Crippen LogP contribution in [0.4, 0.5) is 0 Å². The van der Waals surface area contributed by atoms with Crippen molar-refractivity contribution >= 4 is 0 Å². The standard InChI is InChI=1S/2C15H24O.4CH4/c2*1-3-10(2)16-9-12-7-11-8-15(12)14-6-4-5-13(11)14;;;;/h4,6,10-15H,3,5,7-9H2,1-2H3;4-5,10-15H,3,6-9H2,1-2H3;4*1H4. The molecule has 0 saturated heterocycles. The highest BCUT2D eigenvalue weighted by atomic mass is 16.5. The summed E-state index contributed by atoms with van der Waals surface area (Å²) in [6, 6.07) is 0. The normalized spacial score (nSPS) is 41.1. The first-order valence-corrected chi connectivity index (χ1v) is 14.1. The van der Waals surface area contributed by atoms with Crippen molar-refractivity contribution in [1.82, 2.24) is 0 Å². The average molecular weight is 505 g/mol. The molecule has 12 atom stereocenters. The van der Waals surface area contributed by atoms with E-state index in [0.29, 0.717) is 12.2 Å². The second-order valence-corrected chi connectivity index (χ2v) is 12.2. The van der Waals surface area contributed by atoms with E-state index < -0.39 is 0 Å². The summed E-state index contributed by atoms with van der Waals surface area (Å²) in [5, 5.41) is 0. The Labute approximate surface area is 227 Å². The maximum Gasteiger partial charge on any atom is 0.0544 e. The summed E-state index contributed by atoms with van der Waals surface area (Å²) in [6.45, 7) is 10.9. The zero-order valence-electron chi connectivity index (χ0n) is 21.1. The van der Waals surface area contributed by atoms with Gasteiger partial charge in [-0.05, 0) is 124 Å². The first-order chi connectivity index (χ1) is 15.6. The van der Waals surface area contributed by atoms with E-state index in [0.717, 1.165) is 85.2 Å². The minimum absolute atomic E-state index is 0. The molecule has 4 bridgehead atoms. The van der Waals surface area contributed by atoms with Crippen LogP contribution in [-0.2, 0) is 9.47 Å². The highest BCUT2D eigenvalue weighted by Gasteiger charge is 2.53. The lowest BCUT2D eigenvalue weighted by atomic mass is 9.76. The third-order valence-electron chi connectivity index (χ3n) is 10.6. The van der Waals surface area contributed by atoms with Gasteiger partial charge in [-0.2, -0.15) is 0 Å². The van der Waals surface area contributed by atoms with Crippen LogP contribution < -0.4 is 0 Å². The molecule has 0 aromatic carbocycles. The Kier molecular flexibility index (Phi) is 13.5. The predicted octanol–water partition coefficient (Wildman–Crippen LogP) is 9.84. The van der Waals surface area contributed by atoms with E-state index in [1.54, 1.807) is 0 Å². The minimum atomic E-state index is 0. The van der Waals surface area contributed by atoms with Crippen LogP contribution in [0.25, 0.3) is 0 Å². The van der Waals surface area contributed by atoms with Gasteiger partial charge in [0.2, 0.25) is 0 Å². The van der Waals surface area contributed by atoms with Gasteiger partial charge in [0.25, 0.3) is 0 Å². The largest absolute Gasteiger partial charge is 0.378 e. The molecule has 0 radical (unpaired) electrons. The molecule has 212 valence electrons. The summed E-state index contributed by atoms with van der Waals surface area (Å²) in [4.78, 5) is 0. The van der Waals surface area contributed by atoms with Crippen molar-refractivity contribution in [2.75, 3.05) is 13.2 Å². The van der Waals surface area contributed by atoms with E-state index in [9.17, 15) is 0 Å². The fourth-order valence-electron chi connectivity index (χ4n) is 8.58. The van der Waals surface area contributed by atoms with Crippen LogP contribution in [0.15, 0.2) is 24.3 Å². The third kappa shape index (κ3) is 6.51. The van der Waals surface area contributed by atoms with Crippen LogP contribution in [0.1, 0.15) is 109 Å². The summed E-state index contributed by atoms with van der Waals surface area (Å²) >= 11 is 0. The van der Waals surface area contributed by atoms with E-state index in [1.807, 2.05) is 0 Å². The molecule has 4 saturated carbocycles. The summed E-state index contributed by atoms with van der Waals surface area (Å²) in [6.07, 6.45) is 21.6. The summed E-state index contributed by atoms with van der Waals surface area (Å²) in [5.41, 5.74) is 0. The molecular formula is C34H64O2. The van der Waals surface area contributed by atoms with Gasteiger partial charge in [0.15, 0.2) is 0 Å². The molecule has 6 aliphatic carbocycles. The predicted molar refractivity (Wildman–Crippen MR) is 159 cm³/mol. The summed E-state index contributed by atoms with van der Waals surface area (Å²) in [5.74, 6) is 9.58. The van der Waals surface area contributed by atoms with Gasteiger partial charge >= 0.3 is 0 Å². The molecule has 4 fully saturated rings. The first-order valence-electron chi connectivity index (χ1n) is 14.1. The molecule has 6 aliphatic rings. The number of fused-ring (bicyclic) bond motifs is 10. The van der Waals surface area contributed by atoms with E-state index in [-0.39, 0.29) is 29.7 Å². The van der Waals surface area contributed by atoms with Crippen LogP contribution in [0.5, 0.6) is 0 Å². The smallest absolute Gasteiger partial charge is 0.0544 e. The Morgan fingerprint density at radius 2 is 1.11 bits per heavy atom. The molecule has 0 aromatic heterocycles. The molecule has 0 amide bonds. The number of hydrogen-bond acceptors (Lipinski definition) is 2. The molecule has 6 rings (SSSR count). The van der Waals surface area contributed by atoms with Crippen molar-refractivity contribution in [3.63, 3.8) is 0 Å². The quantitative estimate of drug-likeness (QED) is 0.306. The molecule has 0 aliphatic heterocycles. The van der Waals surface area contributed by atoms with Crippen LogP contribution in [0.3, 0.4) is 0 Å². The number of ether oxygens (including phenoxy) is 2. The van der Waals surface area contributed by atoms with Crippen LogP contribution >= 0.6 is 0 Å².